The first kappa shape index (κ1) is 10.4. The van der Waals surface area contributed by atoms with E-state index in [4.69, 9.17) is 0 Å². The number of fused-ring (bicyclic) bond motifs is 1. The van der Waals surface area contributed by atoms with E-state index in [1.54, 1.807) is 0 Å². The first-order valence-electron chi connectivity index (χ1n) is 6.00. The molecule has 2 aromatic heterocycles. The summed E-state index contributed by atoms with van der Waals surface area (Å²) in [5, 5.41) is 3.09. The number of imidazole rings is 1. The monoisotopic (exact) mass is 231 g/mol. The molecule has 0 spiro atoms. The van der Waals surface area contributed by atoms with E-state index in [9.17, 15) is 0 Å². The summed E-state index contributed by atoms with van der Waals surface area (Å²) in [4.78, 5) is 11.2. The maximum Gasteiger partial charge on any atom is 0.180 e. The highest BCUT2D eigenvalue weighted by Crippen LogP contribution is 2.31. The smallest absolute Gasteiger partial charge is 0.180 e. The molecule has 1 N–H and O–H groups in total. The Kier molecular flexibility index (Phi) is 2.39. The van der Waals surface area contributed by atoms with Gasteiger partial charge in [-0.1, -0.05) is 0 Å². The second-order valence-electron chi connectivity index (χ2n) is 4.68. The van der Waals surface area contributed by atoms with Crippen LogP contribution in [-0.2, 0) is 0 Å². The molecule has 0 radical (unpaired) electrons. The number of rotatable bonds is 4. The number of aromatic nitrogens is 3. The fourth-order valence-corrected chi connectivity index (χ4v) is 2.07. The minimum atomic E-state index is 0.843. The molecular formula is C12H17N5. The first-order chi connectivity index (χ1) is 8.28. The van der Waals surface area contributed by atoms with Crippen LogP contribution in [0.2, 0.25) is 0 Å². The second kappa shape index (κ2) is 3.91. The highest BCUT2D eigenvalue weighted by molar-refractivity contribution is 5.66. The van der Waals surface area contributed by atoms with Crippen molar-refractivity contribution < 1.29 is 0 Å². The van der Waals surface area contributed by atoms with Gasteiger partial charge >= 0.3 is 0 Å². The summed E-state index contributed by atoms with van der Waals surface area (Å²) in [6.07, 6.45) is 8.41. The van der Waals surface area contributed by atoms with E-state index < -0.39 is 0 Å². The number of hydrogen-bond acceptors (Lipinski definition) is 4. The van der Waals surface area contributed by atoms with E-state index in [2.05, 4.69) is 27.2 Å². The fourth-order valence-electron chi connectivity index (χ4n) is 2.07. The Morgan fingerprint density at radius 1 is 1.53 bits per heavy atom. The Hall–Kier alpha value is -1.78. The lowest BCUT2D eigenvalue weighted by Gasteiger charge is -2.19. The van der Waals surface area contributed by atoms with Crippen LogP contribution in [0.3, 0.4) is 0 Å². The molecule has 2 aromatic rings. The van der Waals surface area contributed by atoms with Gasteiger partial charge in [-0.05, 0) is 18.8 Å². The maximum atomic E-state index is 4.60. The third-order valence-electron chi connectivity index (χ3n) is 3.20. The van der Waals surface area contributed by atoms with Gasteiger partial charge in [-0.25, -0.2) is 9.97 Å². The van der Waals surface area contributed by atoms with Crippen LogP contribution < -0.4 is 10.2 Å². The molecule has 90 valence electrons. The molecule has 0 aromatic carbocycles. The highest BCUT2D eigenvalue weighted by atomic mass is 15.2. The van der Waals surface area contributed by atoms with Crippen LogP contribution in [0.1, 0.15) is 12.8 Å². The van der Waals surface area contributed by atoms with Crippen LogP contribution in [0.4, 0.5) is 11.6 Å². The Labute approximate surface area is 100 Å². The van der Waals surface area contributed by atoms with E-state index in [0.717, 1.165) is 29.7 Å². The highest BCUT2D eigenvalue weighted by Gasteiger charge is 2.24. The molecule has 2 heterocycles. The maximum absolute atomic E-state index is 4.60. The zero-order valence-corrected chi connectivity index (χ0v) is 10.2. The van der Waals surface area contributed by atoms with Gasteiger partial charge in [0.2, 0.25) is 0 Å². The average Bonchev–Trinajstić information content (AvgIpc) is 3.02. The minimum Gasteiger partial charge on any atom is -0.372 e. The van der Waals surface area contributed by atoms with Crippen LogP contribution in [0.25, 0.3) is 5.65 Å². The van der Waals surface area contributed by atoms with E-state index in [0.29, 0.717) is 0 Å². The van der Waals surface area contributed by atoms with Gasteiger partial charge < -0.3 is 14.6 Å². The molecule has 1 saturated carbocycles. The molecule has 0 amide bonds. The number of anilines is 2. The summed E-state index contributed by atoms with van der Waals surface area (Å²) in [5.74, 6) is 2.66. The fraction of sp³-hybridized carbons (Fsp3) is 0.500. The summed E-state index contributed by atoms with van der Waals surface area (Å²) >= 11 is 0. The van der Waals surface area contributed by atoms with Gasteiger partial charge in [0.25, 0.3) is 0 Å². The van der Waals surface area contributed by atoms with Gasteiger partial charge in [-0.3, -0.25) is 0 Å². The molecule has 5 heteroatoms. The normalized spacial score (nSPS) is 15.2. The summed E-state index contributed by atoms with van der Waals surface area (Å²) < 4.78 is 2.01. The topological polar surface area (TPSA) is 45.5 Å². The SMILES string of the molecule is CNc1cn2ccnc2c(N(C)CC2CC2)n1. The van der Waals surface area contributed by atoms with Crippen molar-refractivity contribution in [1.29, 1.82) is 0 Å². The van der Waals surface area contributed by atoms with E-state index in [1.165, 1.54) is 12.8 Å². The van der Waals surface area contributed by atoms with Crippen LogP contribution in [0.5, 0.6) is 0 Å². The molecule has 1 fully saturated rings. The van der Waals surface area contributed by atoms with Gasteiger partial charge in [-0.2, -0.15) is 0 Å². The predicted octanol–water partition coefficient (Wildman–Crippen LogP) is 1.62. The lowest BCUT2D eigenvalue weighted by atomic mass is 10.4. The third kappa shape index (κ3) is 1.92. The van der Waals surface area contributed by atoms with E-state index in [-0.39, 0.29) is 0 Å². The van der Waals surface area contributed by atoms with Crippen molar-refractivity contribution in [1.82, 2.24) is 14.4 Å². The standard InChI is InChI=1S/C12H17N5/c1-13-10-8-17-6-5-14-11(17)12(15-10)16(2)7-9-3-4-9/h5-6,8-9,13H,3-4,7H2,1-2H3. The van der Waals surface area contributed by atoms with Crippen molar-refractivity contribution in [3.8, 4) is 0 Å². The van der Waals surface area contributed by atoms with E-state index >= 15 is 0 Å². The zero-order chi connectivity index (χ0) is 11.8. The van der Waals surface area contributed by atoms with Gasteiger partial charge in [-0.15, -0.1) is 0 Å². The Bertz CT molecular complexity index is 529. The van der Waals surface area contributed by atoms with Crippen molar-refractivity contribution >= 4 is 17.3 Å². The average molecular weight is 231 g/mol. The number of nitrogens with one attached hydrogen (secondary N) is 1. The van der Waals surface area contributed by atoms with Gasteiger partial charge in [0.1, 0.15) is 5.82 Å². The van der Waals surface area contributed by atoms with Crippen molar-refractivity contribution in [2.45, 2.75) is 12.8 Å². The lowest BCUT2D eigenvalue weighted by Crippen LogP contribution is -2.22. The van der Waals surface area contributed by atoms with Crippen LogP contribution in [-0.4, -0.2) is 35.0 Å². The van der Waals surface area contributed by atoms with Gasteiger partial charge in [0.05, 0.1) is 6.20 Å². The molecule has 0 atom stereocenters. The van der Waals surface area contributed by atoms with Crippen molar-refractivity contribution in [3.05, 3.63) is 18.6 Å². The molecule has 0 unspecified atom stereocenters. The molecule has 1 aliphatic rings. The second-order valence-corrected chi connectivity index (χ2v) is 4.68. The Morgan fingerprint density at radius 3 is 3.06 bits per heavy atom. The van der Waals surface area contributed by atoms with Gasteiger partial charge in [0.15, 0.2) is 11.5 Å². The molecule has 17 heavy (non-hydrogen) atoms. The predicted molar refractivity (Wildman–Crippen MR) is 68.5 cm³/mol. The van der Waals surface area contributed by atoms with Crippen LogP contribution >= 0.6 is 0 Å². The van der Waals surface area contributed by atoms with Crippen molar-refractivity contribution in [3.63, 3.8) is 0 Å². The summed E-state index contributed by atoms with van der Waals surface area (Å²) in [6.45, 7) is 1.07. The molecule has 1 aliphatic carbocycles. The van der Waals surface area contributed by atoms with Crippen LogP contribution in [0.15, 0.2) is 18.6 Å². The summed E-state index contributed by atoms with van der Waals surface area (Å²) in [6, 6.07) is 0. The summed E-state index contributed by atoms with van der Waals surface area (Å²) in [7, 11) is 3.98. The molecular weight excluding hydrogens is 214 g/mol. The molecule has 0 bridgehead atoms. The molecule has 5 nitrogen and oxygen atoms in total. The van der Waals surface area contributed by atoms with E-state index in [1.807, 2.05) is 30.0 Å². The minimum absolute atomic E-state index is 0.843. The van der Waals surface area contributed by atoms with Crippen LogP contribution in [0, 0.1) is 5.92 Å². The zero-order valence-electron chi connectivity index (χ0n) is 10.2. The third-order valence-corrected chi connectivity index (χ3v) is 3.20. The molecule has 3 rings (SSSR count). The largest absolute Gasteiger partial charge is 0.372 e. The van der Waals surface area contributed by atoms with Crippen molar-refractivity contribution in [2.75, 3.05) is 30.9 Å². The molecule has 0 aliphatic heterocycles. The quantitative estimate of drug-likeness (QED) is 0.868. The summed E-state index contributed by atoms with van der Waals surface area (Å²) in [5.41, 5.74) is 0.923. The number of hydrogen-bond donors (Lipinski definition) is 1. The number of nitrogens with zero attached hydrogens (tertiary/aromatic N) is 4. The van der Waals surface area contributed by atoms with Gasteiger partial charge in [0, 0.05) is 33.0 Å². The van der Waals surface area contributed by atoms with Crippen molar-refractivity contribution in [2.24, 2.45) is 5.92 Å². The lowest BCUT2D eigenvalue weighted by molar-refractivity contribution is 0.777. The molecule has 0 saturated heterocycles. The first-order valence-corrected chi connectivity index (χ1v) is 6.00. The Morgan fingerprint density at radius 2 is 2.35 bits per heavy atom. The Balaban J connectivity index is 2.01.